The lowest BCUT2D eigenvalue weighted by molar-refractivity contribution is 0.725. The van der Waals surface area contributed by atoms with Gasteiger partial charge in [0.2, 0.25) is 0 Å². The Labute approximate surface area is 145 Å². The lowest BCUT2D eigenvalue weighted by Gasteiger charge is -2.06. The molecule has 4 heteroatoms. The van der Waals surface area contributed by atoms with Crippen molar-refractivity contribution in [3.63, 3.8) is 0 Å². The minimum atomic E-state index is -0.0118. The van der Waals surface area contributed by atoms with Crippen molar-refractivity contribution in [3.05, 3.63) is 74.8 Å². The van der Waals surface area contributed by atoms with E-state index in [4.69, 9.17) is 16.6 Å². The number of hydrogen-bond acceptors (Lipinski definition) is 2. The molecule has 0 fully saturated rings. The Morgan fingerprint density at radius 1 is 1.21 bits per heavy atom. The van der Waals surface area contributed by atoms with Gasteiger partial charge in [-0.2, -0.15) is 0 Å². The van der Waals surface area contributed by atoms with E-state index in [0.29, 0.717) is 22.5 Å². The van der Waals surface area contributed by atoms with Crippen LogP contribution in [0.1, 0.15) is 30.3 Å². The third-order valence-corrected chi connectivity index (χ3v) is 4.77. The van der Waals surface area contributed by atoms with Crippen LogP contribution in [0, 0.1) is 0 Å². The summed E-state index contributed by atoms with van der Waals surface area (Å²) in [5, 5.41) is 1.14. The average molecular weight is 337 g/mol. The predicted molar refractivity (Wildman–Crippen MR) is 99.3 cm³/mol. The Morgan fingerprint density at radius 2 is 2.00 bits per heavy atom. The standard InChI is InChI=1S/C20H17ClN2O/c1-2-13-3-5-14(6-4-13)11-15-9-10-23-19(15)22-18-8-7-16(21)12-17(18)20(23)24/h3-8,11-12H,2,9-10H2,1H3/b15-11+. The highest BCUT2D eigenvalue weighted by atomic mass is 35.5. The summed E-state index contributed by atoms with van der Waals surface area (Å²) in [5.41, 5.74) is 4.25. The fourth-order valence-electron chi connectivity index (χ4n) is 3.18. The second kappa shape index (κ2) is 5.91. The molecule has 0 unspecified atom stereocenters. The zero-order chi connectivity index (χ0) is 16.7. The molecular weight excluding hydrogens is 320 g/mol. The fourth-order valence-corrected chi connectivity index (χ4v) is 3.35. The molecule has 0 radical (unpaired) electrons. The van der Waals surface area contributed by atoms with Crippen molar-refractivity contribution in [2.75, 3.05) is 0 Å². The van der Waals surface area contributed by atoms with E-state index in [1.807, 2.05) is 6.07 Å². The third kappa shape index (κ3) is 2.55. The molecular formula is C20H17ClN2O. The Kier molecular flexibility index (Phi) is 3.73. The van der Waals surface area contributed by atoms with Gasteiger partial charge in [0.05, 0.1) is 10.9 Å². The molecule has 3 nitrogen and oxygen atoms in total. The highest BCUT2D eigenvalue weighted by Crippen LogP contribution is 2.28. The number of rotatable bonds is 2. The maximum absolute atomic E-state index is 12.7. The Bertz CT molecular complexity index is 1020. The molecule has 3 aromatic rings. The molecule has 0 saturated carbocycles. The second-order valence-corrected chi connectivity index (χ2v) is 6.50. The van der Waals surface area contributed by atoms with Crippen LogP contribution in [0.3, 0.4) is 0 Å². The zero-order valence-corrected chi connectivity index (χ0v) is 14.2. The molecule has 24 heavy (non-hydrogen) atoms. The number of fused-ring (bicyclic) bond motifs is 2. The van der Waals surface area contributed by atoms with E-state index in [9.17, 15) is 4.79 Å². The van der Waals surface area contributed by atoms with Crippen molar-refractivity contribution in [1.29, 1.82) is 0 Å². The molecule has 0 atom stereocenters. The molecule has 1 aliphatic rings. The summed E-state index contributed by atoms with van der Waals surface area (Å²) in [6.07, 6.45) is 3.99. The van der Waals surface area contributed by atoms with Gasteiger partial charge in [0.15, 0.2) is 0 Å². The smallest absolute Gasteiger partial charge is 0.261 e. The largest absolute Gasteiger partial charge is 0.292 e. The number of benzene rings is 2. The van der Waals surface area contributed by atoms with Crippen molar-refractivity contribution in [3.8, 4) is 0 Å². The van der Waals surface area contributed by atoms with Gasteiger partial charge in [0, 0.05) is 11.6 Å². The average Bonchev–Trinajstić information content (AvgIpc) is 2.99. The molecule has 0 bridgehead atoms. The van der Waals surface area contributed by atoms with Crippen LogP contribution in [-0.4, -0.2) is 9.55 Å². The summed E-state index contributed by atoms with van der Waals surface area (Å²) < 4.78 is 1.75. The Balaban J connectivity index is 1.83. The molecule has 0 spiro atoms. The summed E-state index contributed by atoms with van der Waals surface area (Å²) >= 11 is 6.01. The van der Waals surface area contributed by atoms with Crippen molar-refractivity contribution in [1.82, 2.24) is 9.55 Å². The number of hydrogen-bond donors (Lipinski definition) is 0. The quantitative estimate of drug-likeness (QED) is 0.687. The van der Waals surface area contributed by atoms with E-state index >= 15 is 0 Å². The van der Waals surface area contributed by atoms with Gasteiger partial charge in [-0.1, -0.05) is 42.8 Å². The summed E-state index contributed by atoms with van der Waals surface area (Å²) in [4.78, 5) is 17.4. The van der Waals surface area contributed by atoms with Gasteiger partial charge in [0.25, 0.3) is 5.56 Å². The topological polar surface area (TPSA) is 34.9 Å². The van der Waals surface area contributed by atoms with Crippen molar-refractivity contribution < 1.29 is 0 Å². The van der Waals surface area contributed by atoms with Crippen LogP contribution in [0.25, 0.3) is 22.6 Å². The monoisotopic (exact) mass is 336 g/mol. The molecule has 0 saturated heterocycles. The minimum absolute atomic E-state index is 0.0118. The molecule has 4 rings (SSSR count). The van der Waals surface area contributed by atoms with E-state index in [-0.39, 0.29) is 5.56 Å². The molecule has 0 aliphatic carbocycles. The fraction of sp³-hybridized carbons (Fsp3) is 0.200. The maximum Gasteiger partial charge on any atom is 0.261 e. The summed E-state index contributed by atoms with van der Waals surface area (Å²) in [6.45, 7) is 2.82. The van der Waals surface area contributed by atoms with Crippen molar-refractivity contribution in [2.45, 2.75) is 26.3 Å². The van der Waals surface area contributed by atoms with Gasteiger partial charge in [-0.15, -0.1) is 0 Å². The van der Waals surface area contributed by atoms with E-state index in [1.165, 1.54) is 5.56 Å². The molecule has 1 aliphatic heterocycles. The lowest BCUT2D eigenvalue weighted by atomic mass is 10.1. The van der Waals surface area contributed by atoms with Crippen LogP contribution < -0.4 is 5.56 Å². The van der Waals surface area contributed by atoms with Crippen LogP contribution in [0.5, 0.6) is 0 Å². The zero-order valence-electron chi connectivity index (χ0n) is 13.4. The normalized spacial score (nSPS) is 15.2. The van der Waals surface area contributed by atoms with E-state index < -0.39 is 0 Å². The van der Waals surface area contributed by atoms with Gasteiger partial charge < -0.3 is 0 Å². The van der Waals surface area contributed by atoms with Crippen molar-refractivity contribution in [2.24, 2.45) is 0 Å². The number of allylic oxidation sites excluding steroid dienone is 1. The van der Waals surface area contributed by atoms with E-state index in [2.05, 4.69) is 37.3 Å². The van der Waals surface area contributed by atoms with Gasteiger partial charge in [-0.3, -0.25) is 9.36 Å². The van der Waals surface area contributed by atoms with E-state index in [0.717, 1.165) is 29.8 Å². The Morgan fingerprint density at radius 3 is 2.75 bits per heavy atom. The van der Waals surface area contributed by atoms with Crippen LogP contribution in [0.4, 0.5) is 0 Å². The van der Waals surface area contributed by atoms with Crippen LogP contribution in [0.2, 0.25) is 5.02 Å². The first-order chi connectivity index (χ1) is 11.7. The SMILES string of the molecule is CCc1ccc(/C=C2\CCn3c2nc2ccc(Cl)cc2c3=O)cc1. The molecule has 0 N–H and O–H groups in total. The van der Waals surface area contributed by atoms with Gasteiger partial charge >= 0.3 is 0 Å². The van der Waals surface area contributed by atoms with Gasteiger partial charge in [-0.25, -0.2) is 4.98 Å². The van der Waals surface area contributed by atoms with E-state index in [1.54, 1.807) is 16.7 Å². The highest BCUT2D eigenvalue weighted by Gasteiger charge is 2.20. The summed E-state index contributed by atoms with van der Waals surface area (Å²) in [5.74, 6) is 0.773. The van der Waals surface area contributed by atoms with Crippen LogP contribution >= 0.6 is 11.6 Å². The number of aromatic nitrogens is 2. The molecule has 0 amide bonds. The first-order valence-electron chi connectivity index (χ1n) is 8.15. The van der Waals surface area contributed by atoms with Crippen LogP contribution in [-0.2, 0) is 13.0 Å². The molecule has 120 valence electrons. The summed E-state index contributed by atoms with van der Waals surface area (Å²) in [6, 6.07) is 13.8. The number of nitrogens with zero attached hydrogens (tertiary/aromatic N) is 2. The van der Waals surface area contributed by atoms with Gasteiger partial charge in [-0.05, 0) is 53.8 Å². The predicted octanol–water partition coefficient (Wildman–Crippen LogP) is 4.56. The summed E-state index contributed by atoms with van der Waals surface area (Å²) in [7, 11) is 0. The highest BCUT2D eigenvalue weighted by molar-refractivity contribution is 6.31. The first-order valence-corrected chi connectivity index (χ1v) is 8.53. The maximum atomic E-state index is 12.7. The van der Waals surface area contributed by atoms with Crippen LogP contribution in [0.15, 0.2) is 47.3 Å². The second-order valence-electron chi connectivity index (χ2n) is 6.07. The third-order valence-electron chi connectivity index (χ3n) is 4.54. The molecule has 1 aromatic heterocycles. The van der Waals surface area contributed by atoms with Crippen molar-refractivity contribution >= 4 is 34.2 Å². The van der Waals surface area contributed by atoms with Gasteiger partial charge in [0.1, 0.15) is 5.82 Å². The molecule has 2 aromatic carbocycles. The lowest BCUT2D eigenvalue weighted by Crippen LogP contribution is -2.20. The number of halogens is 1. The molecule has 2 heterocycles. The first kappa shape index (κ1) is 15.2. The number of aryl methyl sites for hydroxylation is 1. The minimum Gasteiger partial charge on any atom is -0.292 e. The Hall–Kier alpha value is -2.39.